The summed E-state index contributed by atoms with van der Waals surface area (Å²) in [6.45, 7) is 11.0. The smallest absolute Gasteiger partial charge is 0.350 e. The molecule has 20 heavy (non-hydrogen) atoms. The molecule has 0 saturated heterocycles. The molecule has 0 amide bonds. The molecule has 0 saturated carbocycles. The van der Waals surface area contributed by atoms with Crippen LogP contribution in [0.1, 0.15) is 44.3 Å². The second-order valence-corrected chi connectivity index (χ2v) is 6.19. The van der Waals surface area contributed by atoms with E-state index in [2.05, 4.69) is 19.2 Å². The Bertz CT molecular complexity index is 456. The van der Waals surface area contributed by atoms with Gasteiger partial charge in [0.15, 0.2) is 5.75 Å². The van der Waals surface area contributed by atoms with Crippen molar-refractivity contribution in [2.45, 2.75) is 40.7 Å². The van der Waals surface area contributed by atoms with E-state index in [0.29, 0.717) is 28.8 Å². The first kappa shape index (κ1) is 16.6. The highest BCUT2D eigenvalue weighted by Crippen LogP contribution is 2.43. The number of nitrogen functional groups attached to an aromatic ring is 1. The lowest BCUT2D eigenvalue weighted by Gasteiger charge is -2.13. The van der Waals surface area contributed by atoms with E-state index in [0.717, 1.165) is 11.5 Å². The number of esters is 1. The van der Waals surface area contributed by atoms with Gasteiger partial charge in [0.05, 0.1) is 12.7 Å². The fraction of sp³-hybridized carbons (Fsp3) is 0.643. The summed E-state index contributed by atoms with van der Waals surface area (Å²) in [6.07, 6.45) is -0.0125. The molecule has 0 bridgehead atoms. The molecule has 0 aromatic carbocycles. The molecule has 0 aliphatic carbocycles. The van der Waals surface area contributed by atoms with Crippen molar-refractivity contribution >= 4 is 28.0 Å². The molecule has 0 aliphatic heterocycles. The first-order chi connectivity index (χ1) is 9.36. The lowest BCUT2D eigenvalue weighted by Crippen LogP contribution is -2.11. The minimum absolute atomic E-state index is 0.0125. The number of nitrogens with one attached hydrogen (secondary N) is 1. The molecule has 5 nitrogen and oxygen atoms in total. The third-order valence-electron chi connectivity index (χ3n) is 2.38. The summed E-state index contributed by atoms with van der Waals surface area (Å²) >= 11 is 1.28. The highest BCUT2D eigenvalue weighted by atomic mass is 32.1. The van der Waals surface area contributed by atoms with E-state index in [1.165, 1.54) is 11.3 Å². The van der Waals surface area contributed by atoms with Gasteiger partial charge in [-0.1, -0.05) is 13.8 Å². The Hall–Kier alpha value is -1.43. The van der Waals surface area contributed by atoms with E-state index in [1.807, 2.05) is 13.8 Å². The number of nitrogens with two attached hydrogens (primary N) is 1. The number of anilines is 2. The molecule has 0 aliphatic rings. The normalized spacial score (nSPS) is 10.9. The van der Waals surface area contributed by atoms with Gasteiger partial charge in [-0.25, -0.2) is 4.79 Å². The molecule has 1 rings (SSSR count). The lowest BCUT2D eigenvalue weighted by atomic mass is 10.2. The van der Waals surface area contributed by atoms with E-state index in [-0.39, 0.29) is 6.10 Å². The van der Waals surface area contributed by atoms with Gasteiger partial charge in [-0.2, -0.15) is 0 Å². The molecule has 0 unspecified atom stereocenters. The van der Waals surface area contributed by atoms with Crippen molar-refractivity contribution in [1.29, 1.82) is 0 Å². The molecule has 1 aromatic rings. The summed E-state index contributed by atoms with van der Waals surface area (Å²) in [5, 5.41) is 4.07. The van der Waals surface area contributed by atoms with Gasteiger partial charge in [0.25, 0.3) is 0 Å². The minimum Gasteiger partial charge on any atom is -0.486 e. The van der Waals surface area contributed by atoms with Crippen molar-refractivity contribution in [2.75, 3.05) is 24.2 Å². The van der Waals surface area contributed by atoms with Crippen molar-refractivity contribution in [3.05, 3.63) is 4.88 Å². The van der Waals surface area contributed by atoms with Crippen LogP contribution in [0.4, 0.5) is 10.7 Å². The van der Waals surface area contributed by atoms with E-state index in [1.54, 1.807) is 6.92 Å². The van der Waals surface area contributed by atoms with Crippen LogP contribution in [0.5, 0.6) is 5.75 Å². The Morgan fingerprint density at radius 3 is 2.50 bits per heavy atom. The van der Waals surface area contributed by atoms with Gasteiger partial charge in [-0.15, -0.1) is 11.3 Å². The van der Waals surface area contributed by atoms with Crippen LogP contribution in [0.25, 0.3) is 0 Å². The standard InChI is InChI=1S/C14H24N2O3S/c1-6-18-14(17)12-10(15)11(19-9(4)5)13(20-12)16-7-8(2)3/h8-9,16H,6-7,15H2,1-5H3. The van der Waals surface area contributed by atoms with Gasteiger partial charge in [0.1, 0.15) is 15.6 Å². The van der Waals surface area contributed by atoms with E-state index >= 15 is 0 Å². The zero-order valence-electron chi connectivity index (χ0n) is 12.8. The highest BCUT2D eigenvalue weighted by molar-refractivity contribution is 7.19. The molecule has 1 heterocycles. The second-order valence-electron chi connectivity index (χ2n) is 5.16. The van der Waals surface area contributed by atoms with E-state index in [9.17, 15) is 4.79 Å². The third-order valence-corrected chi connectivity index (χ3v) is 3.51. The van der Waals surface area contributed by atoms with Gasteiger partial charge >= 0.3 is 5.97 Å². The first-order valence-corrected chi connectivity index (χ1v) is 7.68. The maximum absolute atomic E-state index is 11.9. The van der Waals surface area contributed by atoms with Crippen LogP contribution in [0.2, 0.25) is 0 Å². The largest absolute Gasteiger partial charge is 0.486 e. The van der Waals surface area contributed by atoms with Gasteiger partial charge in [-0.3, -0.25) is 0 Å². The van der Waals surface area contributed by atoms with Crippen LogP contribution >= 0.6 is 11.3 Å². The van der Waals surface area contributed by atoms with Crippen molar-refractivity contribution in [1.82, 2.24) is 0 Å². The number of carbonyl (C=O) groups excluding carboxylic acids is 1. The van der Waals surface area contributed by atoms with Crippen molar-refractivity contribution < 1.29 is 14.3 Å². The maximum atomic E-state index is 11.9. The molecule has 0 spiro atoms. The monoisotopic (exact) mass is 300 g/mol. The van der Waals surface area contributed by atoms with Crippen LogP contribution in [0.15, 0.2) is 0 Å². The Morgan fingerprint density at radius 2 is 2.00 bits per heavy atom. The van der Waals surface area contributed by atoms with Crippen LogP contribution in [-0.4, -0.2) is 25.2 Å². The molecule has 114 valence electrons. The summed E-state index contributed by atoms with van der Waals surface area (Å²) in [7, 11) is 0. The van der Waals surface area contributed by atoms with Crippen molar-refractivity contribution in [3.8, 4) is 5.75 Å². The van der Waals surface area contributed by atoms with Gasteiger partial charge in [0, 0.05) is 6.54 Å². The Labute approximate surface area is 124 Å². The van der Waals surface area contributed by atoms with E-state index in [4.69, 9.17) is 15.2 Å². The number of carbonyl (C=O) groups is 1. The Kier molecular flexibility index (Phi) is 6.13. The molecule has 3 N–H and O–H groups in total. The van der Waals surface area contributed by atoms with Crippen molar-refractivity contribution in [2.24, 2.45) is 5.92 Å². The fourth-order valence-corrected chi connectivity index (χ4v) is 2.50. The molecule has 0 atom stereocenters. The predicted molar refractivity (Wildman–Crippen MR) is 83.8 cm³/mol. The molecule has 6 heteroatoms. The maximum Gasteiger partial charge on any atom is 0.350 e. The summed E-state index contributed by atoms with van der Waals surface area (Å²) in [4.78, 5) is 12.3. The number of ether oxygens (including phenoxy) is 2. The molecule has 1 aromatic heterocycles. The average Bonchev–Trinajstić information content (AvgIpc) is 2.64. The number of hydrogen-bond acceptors (Lipinski definition) is 6. The zero-order chi connectivity index (χ0) is 15.3. The first-order valence-electron chi connectivity index (χ1n) is 6.86. The fourth-order valence-electron chi connectivity index (χ4n) is 1.54. The number of rotatable bonds is 7. The highest BCUT2D eigenvalue weighted by Gasteiger charge is 2.24. The Morgan fingerprint density at radius 1 is 1.35 bits per heavy atom. The van der Waals surface area contributed by atoms with Crippen LogP contribution < -0.4 is 15.8 Å². The summed E-state index contributed by atoms with van der Waals surface area (Å²) in [5.74, 6) is 0.631. The second kappa shape index (κ2) is 7.38. The molecule has 0 fully saturated rings. The summed E-state index contributed by atoms with van der Waals surface area (Å²) < 4.78 is 10.7. The summed E-state index contributed by atoms with van der Waals surface area (Å²) in [5.41, 5.74) is 6.39. The van der Waals surface area contributed by atoms with Crippen LogP contribution in [0.3, 0.4) is 0 Å². The van der Waals surface area contributed by atoms with Crippen molar-refractivity contribution in [3.63, 3.8) is 0 Å². The topological polar surface area (TPSA) is 73.6 Å². The van der Waals surface area contributed by atoms with Gasteiger partial charge < -0.3 is 20.5 Å². The number of hydrogen-bond donors (Lipinski definition) is 2. The van der Waals surface area contributed by atoms with Gasteiger partial charge in [-0.05, 0) is 26.7 Å². The SMILES string of the molecule is CCOC(=O)c1sc(NCC(C)C)c(OC(C)C)c1N. The summed E-state index contributed by atoms with van der Waals surface area (Å²) in [6, 6.07) is 0. The lowest BCUT2D eigenvalue weighted by molar-refractivity contribution is 0.0533. The third kappa shape index (κ3) is 4.30. The number of thiophene rings is 1. The molecule has 0 radical (unpaired) electrons. The quantitative estimate of drug-likeness (QED) is 0.755. The van der Waals surface area contributed by atoms with Crippen LogP contribution in [-0.2, 0) is 4.74 Å². The predicted octanol–water partition coefficient (Wildman–Crippen LogP) is 3.36. The molecular formula is C14H24N2O3S. The average molecular weight is 300 g/mol. The zero-order valence-corrected chi connectivity index (χ0v) is 13.6. The Balaban J connectivity index is 3.06. The van der Waals surface area contributed by atoms with Crippen LogP contribution in [0, 0.1) is 5.92 Å². The molecular weight excluding hydrogens is 276 g/mol. The van der Waals surface area contributed by atoms with Gasteiger partial charge in [0.2, 0.25) is 0 Å². The minimum atomic E-state index is -0.402. The van der Waals surface area contributed by atoms with E-state index < -0.39 is 5.97 Å².